The third-order valence-corrected chi connectivity index (χ3v) is 5.01. The van der Waals surface area contributed by atoms with E-state index in [0.29, 0.717) is 17.4 Å². The van der Waals surface area contributed by atoms with Crippen molar-refractivity contribution in [2.75, 3.05) is 18.6 Å². The van der Waals surface area contributed by atoms with Gasteiger partial charge in [-0.1, -0.05) is 23.9 Å². The lowest BCUT2D eigenvalue weighted by atomic mass is 10.2. The van der Waals surface area contributed by atoms with Crippen molar-refractivity contribution in [3.8, 4) is 17.1 Å². The smallest absolute Gasteiger partial charge is 0.230 e. The minimum Gasteiger partial charge on any atom is -0.497 e. The Kier molecular flexibility index (Phi) is 5.97. The molecular weight excluding hydrogens is 362 g/mol. The molecular formula is C19H21N5O2S. The maximum atomic E-state index is 12.1. The largest absolute Gasteiger partial charge is 0.497 e. The van der Waals surface area contributed by atoms with Gasteiger partial charge in [0.05, 0.1) is 12.9 Å². The minimum atomic E-state index is -0.0622. The summed E-state index contributed by atoms with van der Waals surface area (Å²) in [7, 11) is 3.50. The zero-order valence-corrected chi connectivity index (χ0v) is 16.0. The molecule has 27 heavy (non-hydrogen) atoms. The molecule has 0 spiro atoms. The van der Waals surface area contributed by atoms with Crippen LogP contribution >= 0.6 is 11.8 Å². The third kappa shape index (κ3) is 4.79. The van der Waals surface area contributed by atoms with E-state index < -0.39 is 0 Å². The molecule has 0 radical (unpaired) electrons. The third-order valence-electron chi connectivity index (χ3n) is 3.98. The van der Waals surface area contributed by atoms with Crippen LogP contribution in [-0.4, -0.2) is 33.5 Å². The van der Waals surface area contributed by atoms with E-state index in [1.54, 1.807) is 7.11 Å². The molecule has 0 fully saturated rings. The van der Waals surface area contributed by atoms with Crippen LogP contribution in [0, 0.1) is 0 Å². The number of ether oxygens (including phenoxy) is 1. The Morgan fingerprint density at radius 3 is 2.52 bits per heavy atom. The molecule has 0 saturated carbocycles. The highest BCUT2D eigenvalue weighted by molar-refractivity contribution is 7.99. The first-order chi connectivity index (χ1) is 13.1. The molecule has 1 amide bonds. The Balaban J connectivity index is 1.53. The molecule has 3 rings (SSSR count). The minimum absolute atomic E-state index is 0.0622. The molecule has 0 saturated heterocycles. The van der Waals surface area contributed by atoms with Gasteiger partial charge in [0.2, 0.25) is 5.91 Å². The van der Waals surface area contributed by atoms with Gasteiger partial charge in [-0.05, 0) is 42.0 Å². The lowest BCUT2D eigenvalue weighted by molar-refractivity contribution is -0.118. The molecule has 7 nitrogen and oxygen atoms in total. The number of nitrogen functional groups attached to an aromatic ring is 1. The van der Waals surface area contributed by atoms with Gasteiger partial charge in [0, 0.05) is 24.8 Å². The van der Waals surface area contributed by atoms with E-state index in [9.17, 15) is 4.79 Å². The fourth-order valence-corrected chi connectivity index (χ4v) is 3.19. The lowest BCUT2D eigenvalue weighted by Crippen LogP contribution is -2.24. The Bertz CT molecular complexity index is 907. The SMILES string of the molecule is COc1ccc(CNC(=O)CSc2nnc(-c3ccc(N)cc3)n2C)cc1. The number of amides is 1. The van der Waals surface area contributed by atoms with Gasteiger partial charge in [-0.25, -0.2) is 0 Å². The number of rotatable bonds is 7. The molecule has 1 aromatic heterocycles. The molecule has 0 bridgehead atoms. The van der Waals surface area contributed by atoms with Gasteiger partial charge in [0.15, 0.2) is 11.0 Å². The maximum absolute atomic E-state index is 12.1. The van der Waals surface area contributed by atoms with Crippen LogP contribution in [-0.2, 0) is 18.4 Å². The van der Waals surface area contributed by atoms with Gasteiger partial charge in [-0.2, -0.15) is 0 Å². The van der Waals surface area contributed by atoms with Gasteiger partial charge in [0.1, 0.15) is 5.75 Å². The van der Waals surface area contributed by atoms with Crippen molar-refractivity contribution in [3.63, 3.8) is 0 Å². The monoisotopic (exact) mass is 383 g/mol. The van der Waals surface area contributed by atoms with Crippen LogP contribution < -0.4 is 15.8 Å². The second-order valence-electron chi connectivity index (χ2n) is 5.90. The Morgan fingerprint density at radius 1 is 1.15 bits per heavy atom. The summed E-state index contributed by atoms with van der Waals surface area (Å²) in [6, 6.07) is 15.0. The van der Waals surface area contributed by atoms with Crippen LogP contribution in [0.5, 0.6) is 5.75 Å². The molecule has 3 N–H and O–H groups in total. The molecule has 0 aliphatic carbocycles. The number of anilines is 1. The van der Waals surface area contributed by atoms with E-state index in [-0.39, 0.29) is 11.7 Å². The summed E-state index contributed by atoms with van der Waals surface area (Å²) in [5.74, 6) is 1.73. The Morgan fingerprint density at radius 2 is 1.85 bits per heavy atom. The standard InChI is InChI=1S/C19H21N5O2S/c1-24-18(14-5-7-15(20)8-6-14)22-23-19(24)27-12-17(25)21-11-13-3-9-16(26-2)10-4-13/h3-10H,11-12,20H2,1-2H3,(H,21,25). The first-order valence-corrected chi connectivity index (χ1v) is 9.33. The average Bonchev–Trinajstić information content (AvgIpc) is 3.06. The molecule has 2 aromatic carbocycles. The van der Waals surface area contributed by atoms with Crippen molar-refractivity contribution in [3.05, 3.63) is 54.1 Å². The predicted molar refractivity (Wildman–Crippen MR) is 106 cm³/mol. The quantitative estimate of drug-likeness (QED) is 0.481. The topological polar surface area (TPSA) is 95.1 Å². The summed E-state index contributed by atoms with van der Waals surface area (Å²) >= 11 is 1.35. The molecule has 8 heteroatoms. The number of benzene rings is 2. The first-order valence-electron chi connectivity index (χ1n) is 8.34. The molecule has 140 valence electrons. The fraction of sp³-hybridized carbons (Fsp3) is 0.211. The van der Waals surface area contributed by atoms with Gasteiger partial charge in [-0.3, -0.25) is 4.79 Å². The zero-order valence-electron chi connectivity index (χ0n) is 15.2. The number of carbonyl (C=O) groups excluding carboxylic acids is 1. The van der Waals surface area contributed by atoms with Crippen LogP contribution in [0.3, 0.4) is 0 Å². The summed E-state index contributed by atoms with van der Waals surface area (Å²) in [6.45, 7) is 0.471. The Labute approximate surface area is 161 Å². The van der Waals surface area contributed by atoms with E-state index in [2.05, 4.69) is 15.5 Å². The highest BCUT2D eigenvalue weighted by Crippen LogP contribution is 2.23. The van der Waals surface area contributed by atoms with Crippen molar-refractivity contribution in [2.24, 2.45) is 7.05 Å². The average molecular weight is 383 g/mol. The molecule has 0 unspecified atom stereocenters. The number of carbonyl (C=O) groups is 1. The number of hydrogen-bond donors (Lipinski definition) is 2. The van der Waals surface area contributed by atoms with Crippen molar-refractivity contribution in [1.29, 1.82) is 0 Å². The van der Waals surface area contributed by atoms with Gasteiger partial charge in [-0.15, -0.1) is 10.2 Å². The van der Waals surface area contributed by atoms with Crippen molar-refractivity contribution in [1.82, 2.24) is 20.1 Å². The van der Waals surface area contributed by atoms with Gasteiger partial charge < -0.3 is 20.4 Å². The summed E-state index contributed by atoms with van der Waals surface area (Å²) in [5.41, 5.74) is 8.35. The molecule has 3 aromatic rings. The second-order valence-corrected chi connectivity index (χ2v) is 6.84. The summed E-state index contributed by atoms with van der Waals surface area (Å²) in [6.07, 6.45) is 0. The first kappa shape index (κ1) is 18.8. The number of methoxy groups -OCH3 is 1. The van der Waals surface area contributed by atoms with Crippen molar-refractivity contribution < 1.29 is 9.53 Å². The lowest BCUT2D eigenvalue weighted by Gasteiger charge is -2.07. The maximum Gasteiger partial charge on any atom is 0.230 e. The van der Waals surface area contributed by atoms with Crippen molar-refractivity contribution >= 4 is 23.4 Å². The molecule has 0 aliphatic rings. The van der Waals surface area contributed by atoms with E-state index >= 15 is 0 Å². The van der Waals surface area contributed by atoms with Crippen LogP contribution in [0.2, 0.25) is 0 Å². The Hall–Kier alpha value is -3.00. The molecule has 0 atom stereocenters. The van der Waals surface area contributed by atoms with E-state index in [1.807, 2.05) is 60.1 Å². The zero-order chi connectivity index (χ0) is 19.2. The van der Waals surface area contributed by atoms with Crippen LogP contribution in [0.1, 0.15) is 5.56 Å². The summed E-state index contributed by atoms with van der Waals surface area (Å²) in [5, 5.41) is 12.0. The number of nitrogens with zero attached hydrogens (tertiary/aromatic N) is 3. The number of hydrogen-bond acceptors (Lipinski definition) is 6. The highest BCUT2D eigenvalue weighted by atomic mass is 32.2. The van der Waals surface area contributed by atoms with Gasteiger partial charge >= 0.3 is 0 Å². The second kappa shape index (κ2) is 8.59. The van der Waals surface area contributed by atoms with E-state index in [1.165, 1.54) is 11.8 Å². The normalized spacial score (nSPS) is 10.6. The number of nitrogens with two attached hydrogens (primary N) is 1. The summed E-state index contributed by atoms with van der Waals surface area (Å²) < 4.78 is 6.99. The van der Waals surface area contributed by atoms with E-state index in [0.717, 1.165) is 22.7 Å². The number of aromatic nitrogens is 3. The number of thioether (sulfide) groups is 1. The van der Waals surface area contributed by atoms with Crippen molar-refractivity contribution in [2.45, 2.75) is 11.7 Å². The van der Waals surface area contributed by atoms with Crippen LogP contribution in [0.25, 0.3) is 11.4 Å². The van der Waals surface area contributed by atoms with E-state index in [4.69, 9.17) is 10.5 Å². The molecule has 1 heterocycles. The highest BCUT2D eigenvalue weighted by Gasteiger charge is 2.12. The number of nitrogens with one attached hydrogen (secondary N) is 1. The summed E-state index contributed by atoms with van der Waals surface area (Å²) in [4.78, 5) is 12.1. The molecule has 0 aliphatic heterocycles. The van der Waals surface area contributed by atoms with Crippen LogP contribution in [0.4, 0.5) is 5.69 Å². The van der Waals surface area contributed by atoms with Crippen LogP contribution in [0.15, 0.2) is 53.7 Å². The fourth-order valence-electron chi connectivity index (χ4n) is 2.45. The van der Waals surface area contributed by atoms with Gasteiger partial charge in [0.25, 0.3) is 0 Å². The predicted octanol–water partition coefficient (Wildman–Crippen LogP) is 2.48.